The van der Waals surface area contributed by atoms with Gasteiger partial charge in [0.25, 0.3) is 0 Å². The highest BCUT2D eigenvalue weighted by atomic mass is 19.1. The van der Waals surface area contributed by atoms with Crippen LogP contribution in [0.2, 0.25) is 0 Å². The first-order valence-corrected chi connectivity index (χ1v) is 9.57. The molecule has 1 aliphatic heterocycles. The molecule has 8 heteroatoms. The summed E-state index contributed by atoms with van der Waals surface area (Å²) in [4.78, 5) is 27.0. The fraction of sp³-hybridized carbons (Fsp3) is 0.273. The molecule has 0 bridgehead atoms. The maximum atomic E-state index is 14.3. The summed E-state index contributed by atoms with van der Waals surface area (Å²) in [5, 5.41) is 2.95. The fourth-order valence-corrected chi connectivity index (χ4v) is 3.78. The van der Waals surface area contributed by atoms with Crippen molar-refractivity contribution in [1.82, 2.24) is 10.3 Å². The number of aryl methyl sites for hydroxylation is 1. The number of aromatic amines is 1. The van der Waals surface area contributed by atoms with Crippen LogP contribution in [0.4, 0.5) is 13.2 Å². The second kappa shape index (κ2) is 7.85. The number of rotatable bonds is 5. The van der Waals surface area contributed by atoms with Crippen LogP contribution < -0.4 is 5.32 Å². The van der Waals surface area contributed by atoms with Gasteiger partial charge < -0.3 is 15.0 Å². The lowest BCUT2D eigenvalue weighted by atomic mass is 10.0. The van der Waals surface area contributed by atoms with Gasteiger partial charge in [-0.2, -0.15) is 0 Å². The third kappa shape index (κ3) is 3.90. The number of aromatic nitrogens is 1. The zero-order valence-corrected chi connectivity index (χ0v) is 16.1. The lowest BCUT2D eigenvalue weighted by Crippen LogP contribution is -2.38. The Morgan fingerprint density at radius 1 is 1.17 bits per heavy atom. The Balaban J connectivity index is 1.63. The Hall–Kier alpha value is -3.29. The van der Waals surface area contributed by atoms with Crippen LogP contribution in [-0.4, -0.2) is 29.0 Å². The molecule has 2 atom stereocenters. The Morgan fingerprint density at radius 3 is 2.57 bits per heavy atom. The van der Waals surface area contributed by atoms with Gasteiger partial charge in [-0.15, -0.1) is 0 Å². The molecule has 1 fully saturated rings. The van der Waals surface area contributed by atoms with Gasteiger partial charge in [0.1, 0.15) is 29.6 Å². The van der Waals surface area contributed by atoms with Crippen molar-refractivity contribution in [2.24, 2.45) is 0 Å². The first kappa shape index (κ1) is 20.0. The summed E-state index contributed by atoms with van der Waals surface area (Å²) < 4.78 is 46.5. The van der Waals surface area contributed by atoms with Crippen LogP contribution in [0.25, 0.3) is 22.2 Å². The van der Waals surface area contributed by atoms with E-state index in [9.17, 15) is 22.8 Å². The zero-order valence-electron chi connectivity index (χ0n) is 16.1. The molecule has 0 radical (unpaired) electrons. The number of hydrogen-bond acceptors (Lipinski definition) is 3. The average Bonchev–Trinajstić information content (AvgIpc) is 3.20. The predicted octanol–water partition coefficient (Wildman–Crippen LogP) is 4.01. The minimum atomic E-state index is -0.758. The summed E-state index contributed by atoms with van der Waals surface area (Å²) in [6.07, 6.45) is 0.304. The fourth-order valence-electron chi connectivity index (χ4n) is 3.78. The van der Waals surface area contributed by atoms with Crippen molar-refractivity contribution in [2.75, 3.05) is 0 Å². The number of esters is 1. The van der Waals surface area contributed by atoms with Crippen molar-refractivity contribution in [3.05, 3.63) is 59.4 Å². The minimum absolute atomic E-state index is 0.00254. The maximum absolute atomic E-state index is 14.3. The molecule has 2 unspecified atom stereocenters. The molecule has 2 N–H and O–H groups in total. The van der Waals surface area contributed by atoms with Gasteiger partial charge in [-0.3, -0.25) is 4.79 Å². The van der Waals surface area contributed by atoms with Crippen molar-refractivity contribution in [1.29, 1.82) is 0 Å². The van der Waals surface area contributed by atoms with Crippen molar-refractivity contribution < 1.29 is 27.5 Å². The molecule has 5 nitrogen and oxygen atoms in total. The van der Waals surface area contributed by atoms with E-state index in [2.05, 4.69) is 10.3 Å². The highest BCUT2D eigenvalue weighted by molar-refractivity contribution is 5.92. The van der Waals surface area contributed by atoms with Crippen LogP contribution >= 0.6 is 0 Å². The molecule has 156 valence electrons. The third-order valence-corrected chi connectivity index (χ3v) is 5.17. The number of carbonyl (C=O) groups excluding carboxylic acids is 2. The van der Waals surface area contributed by atoms with Crippen LogP contribution in [0.5, 0.6) is 0 Å². The lowest BCUT2D eigenvalue weighted by Gasteiger charge is -2.10. The van der Waals surface area contributed by atoms with Crippen molar-refractivity contribution in [3.8, 4) is 11.3 Å². The number of benzene rings is 2. The topological polar surface area (TPSA) is 71.2 Å². The molecular weight excluding hydrogens is 397 g/mol. The number of ether oxygens (including phenoxy) is 1. The molecule has 30 heavy (non-hydrogen) atoms. The molecule has 1 saturated heterocycles. The standard InChI is InChI=1S/C22H19F3N2O3/c1-11-8-18(22(29)30-11)26-19(28)7-6-15-16-9-14(24)10-17(25)21(16)27-20(15)12-2-4-13(23)5-3-12/h2-5,9-11,18,27H,6-8H2,1H3,(H,26,28). The van der Waals surface area contributed by atoms with Crippen LogP contribution in [0.1, 0.15) is 25.3 Å². The highest BCUT2D eigenvalue weighted by Crippen LogP contribution is 2.33. The molecular formula is C22H19F3N2O3. The second-order valence-electron chi connectivity index (χ2n) is 7.40. The molecule has 0 spiro atoms. The lowest BCUT2D eigenvalue weighted by molar-refractivity contribution is -0.143. The molecule has 4 rings (SSSR count). The summed E-state index contributed by atoms with van der Waals surface area (Å²) in [5.74, 6) is -2.77. The Labute approximate surface area is 170 Å². The van der Waals surface area contributed by atoms with Crippen LogP contribution in [-0.2, 0) is 20.7 Å². The highest BCUT2D eigenvalue weighted by Gasteiger charge is 2.32. The van der Waals surface area contributed by atoms with E-state index in [1.807, 2.05) is 0 Å². The molecule has 0 saturated carbocycles. The van der Waals surface area contributed by atoms with E-state index < -0.39 is 29.5 Å². The number of cyclic esters (lactones) is 1. The van der Waals surface area contributed by atoms with Gasteiger partial charge >= 0.3 is 5.97 Å². The third-order valence-electron chi connectivity index (χ3n) is 5.17. The second-order valence-corrected chi connectivity index (χ2v) is 7.40. The van der Waals surface area contributed by atoms with Crippen LogP contribution in [0, 0.1) is 17.5 Å². The van der Waals surface area contributed by atoms with Crippen LogP contribution in [0.15, 0.2) is 36.4 Å². The molecule has 3 aromatic rings. The molecule has 2 aromatic carbocycles. The van der Waals surface area contributed by atoms with Crippen LogP contribution in [0.3, 0.4) is 0 Å². The number of amides is 1. The minimum Gasteiger partial charge on any atom is -0.461 e. The first-order valence-electron chi connectivity index (χ1n) is 9.57. The first-order chi connectivity index (χ1) is 14.3. The zero-order chi connectivity index (χ0) is 21.4. The van der Waals surface area contributed by atoms with Gasteiger partial charge in [-0.05, 0) is 54.8 Å². The van der Waals surface area contributed by atoms with Crippen molar-refractivity contribution >= 4 is 22.8 Å². The van der Waals surface area contributed by atoms with Gasteiger partial charge in [0, 0.05) is 30.0 Å². The Kier molecular flexibility index (Phi) is 5.24. The van der Waals surface area contributed by atoms with E-state index in [0.717, 1.165) is 6.07 Å². The monoisotopic (exact) mass is 416 g/mol. The number of nitrogens with one attached hydrogen (secondary N) is 2. The number of hydrogen-bond donors (Lipinski definition) is 2. The normalized spacial score (nSPS) is 18.6. The average molecular weight is 416 g/mol. The molecule has 1 aromatic heterocycles. The quantitative estimate of drug-likeness (QED) is 0.618. The number of halogens is 3. The number of H-pyrrole nitrogens is 1. The molecule has 0 aliphatic carbocycles. The molecule has 1 amide bonds. The van der Waals surface area contributed by atoms with E-state index in [1.165, 1.54) is 30.3 Å². The van der Waals surface area contributed by atoms with Crippen molar-refractivity contribution in [2.45, 2.75) is 38.3 Å². The van der Waals surface area contributed by atoms with Gasteiger partial charge in [0.05, 0.1) is 5.52 Å². The number of carbonyl (C=O) groups is 2. The molecule has 2 heterocycles. The summed E-state index contributed by atoms with van der Waals surface area (Å²) in [6.45, 7) is 1.74. The van der Waals surface area contributed by atoms with E-state index in [-0.39, 0.29) is 30.4 Å². The van der Waals surface area contributed by atoms with Gasteiger partial charge in [0.2, 0.25) is 5.91 Å². The van der Waals surface area contributed by atoms with Gasteiger partial charge in [-0.25, -0.2) is 18.0 Å². The summed E-state index contributed by atoms with van der Waals surface area (Å²) >= 11 is 0. The molecule has 1 aliphatic rings. The summed E-state index contributed by atoms with van der Waals surface area (Å²) in [6, 6.07) is 6.85. The predicted molar refractivity (Wildman–Crippen MR) is 104 cm³/mol. The number of fused-ring (bicyclic) bond motifs is 1. The van der Waals surface area contributed by atoms with E-state index >= 15 is 0 Å². The maximum Gasteiger partial charge on any atom is 0.329 e. The van der Waals surface area contributed by atoms with Gasteiger partial charge in [-0.1, -0.05) is 0 Å². The Morgan fingerprint density at radius 2 is 1.90 bits per heavy atom. The largest absolute Gasteiger partial charge is 0.461 e. The van der Waals surface area contributed by atoms with E-state index in [4.69, 9.17) is 4.74 Å². The summed E-state index contributed by atoms with van der Waals surface area (Å²) in [7, 11) is 0. The van der Waals surface area contributed by atoms with E-state index in [0.29, 0.717) is 28.6 Å². The summed E-state index contributed by atoms with van der Waals surface area (Å²) in [5.41, 5.74) is 1.71. The van der Waals surface area contributed by atoms with Gasteiger partial charge in [0.15, 0.2) is 0 Å². The Bertz CT molecular complexity index is 1120. The van der Waals surface area contributed by atoms with Crippen molar-refractivity contribution in [3.63, 3.8) is 0 Å². The van der Waals surface area contributed by atoms with E-state index in [1.54, 1.807) is 6.92 Å². The SMILES string of the molecule is CC1CC(NC(=O)CCc2c(-c3ccc(F)cc3)[nH]c3c(F)cc(F)cc23)C(=O)O1. The smallest absolute Gasteiger partial charge is 0.329 e.